The quantitative estimate of drug-likeness (QED) is 0.771. The van der Waals surface area contributed by atoms with Crippen LogP contribution in [-0.4, -0.2) is 10.9 Å². The number of aromatic nitrogens is 1. The molecule has 20 heavy (non-hydrogen) atoms. The van der Waals surface area contributed by atoms with E-state index in [0.717, 1.165) is 25.8 Å². The van der Waals surface area contributed by atoms with Crippen LogP contribution in [0.15, 0.2) is 30.3 Å². The predicted molar refractivity (Wildman–Crippen MR) is 86.0 cm³/mol. The first kappa shape index (κ1) is 13.5. The van der Waals surface area contributed by atoms with Crippen LogP contribution in [0.1, 0.15) is 9.88 Å². The summed E-state index contributed by atoms with van der Waals surface area (Å²) in [5, 5.41) is 3.93. The topological polar surface area (TPSA) is 42.0 Å². The molecule has 0 aliphatic carbocycles. The number of anilines is 1. The van der Waals surface area contributed by atoms with E-state index in [0.29, 0.717) is 10.8 Å². The smallest absolute Gasteiger partial charge is 0.229 e. The van der Waals surface area contributed by atoms with Gasteiger partial charge in [-0.2, -0.15) is 0 Å². The highest BCUT2D eigenvalue weighted by atomic mass is 35.5. The molecule has 0 saturated heterocycles. The molecule has 0 bridgehead atoms. The summed E-state index contributed by atoms with van der Waals surface area (Å²) in [6.45, 7) is 1.98. The molecule has 3 aromatic rings. The number of carbonyl (C=O) groups is 1. The van der Waals surface area contributed by atoms with E-state index in [2.05, 4.69) is 10.3 Å². The fourth-order valence-electron chi connectivity index (χ4n) is 1.93. The number of hydrogen-bond acceptors (Lipinski definition) is 4. The molecule has 0 atom stereocenters. The maximum absolute atomic E-state index is 12.0. The van der Waals surface area contributed by atoms with Gasteiger partial charge < -0.3 is 5.32 Å². The zero-order chi connectivity index (χ0) is 14.1. The molecule has 1 N–H and O–H groups in total. The van der Waals surface area contributed by atoms with Crippen molar-refractivity contribution in [1.29, 1.82) is 0 Å². The number of fused-ring (bicyclic) bond motifs is 1. The molecule has 0 unspecified atom stereocenters. The highest BCUT2D eigenvalue weighted by Gasteiger charge is 2.08. The van der Waals surface area contributed by atoms with Crippen molar-refractivity contribution in [3.05, 3.63) is 44.6 Å². The number of benzene rings is 1. The second-order valence-electron chi connectivity index (χ2n) is 4.35. The molecule has 2 heterocycles. The molecule has 0 aliphatic heterocycles. The van der Waals surface area contributed by atoms with Crippen LogP contribution in [0.5, 0.6) is 0 Å². The van der Waals surface area contributed by atoms with Crippen LogP contribution in [0.3, 0.4) is 0 Å². The fourth-order valence-corrected chi connectivity index (χ4v) is 3.88. The summed E-state index contributed by atoms with van der Waals surface area (Å²) >= 11 is 8.91. The molecular formula is C14H11ClN2OS2. The first-order valence-electron chi connectivity index (χ1n) is 6.01. The van der Waals surface area contributed by atoms with Gasteiger partial charge in [-0.3, -0.25) is 4.79 Å². The second-order valence-corrected chi connectivity index (χ2v) is 7.38. The van der Waals surface area contributed by atoms with Gasteiger partial charge in [0.25, 0.3) is 0 Å². The van der Waals surface area contributed by atoms with Gasteiger partial charge in [-0.1, -0.05) is 11.6 Å². The molecule has 0 spiro atoms. The highest BCUT2D eigenvalue weighted by Crippen LogP contribution is 2.25. The Balaban J connectivity index is 1.73. The summed E-state index contributed by atoms with van der Waals surface area (Å²) < 4.78 is 1.79. The van der Waals surface area contributed by atoms with Gasteiger partial charge in [-0.15, -0.1) is 22.7 Å². The van der Waals surface area contributed by atoms with Gasteiger partial charge in [0.15, 0.2) is 0 Å². The van der Waals surface area contributed by atoms with Crippen LogP contribution in [0.4, 0.5) is 5.69 Å². The lowest BCUT2D eigenvalue weighted by molar-refractivity contribution is -0.115. The number of hydrogen-bond donors (Lipinski definition) is 1. The molecule has 2 aromatic heterocycles. The van der Waals surface area contributed by atoms with E-state index in [9.17, 15) is 4.79 Å². The summed E-state index contributed by atoms with van der Waals surface area (Å²) in [5.41, 5.74) is 1.77. The lowest BCUT2D eigenvalue weighted by Gasteiger charge is -2.03. The number of halogens is 1. The molecule has 3 rings (SSSR count). The molecule has 1 aromatic carbocycles. The Kier molecular flexibility index (Phi) is 3.74. The third-order valence-corrected chi connectivity index (χ3v) is 4.91. The van der Waals surface area contributed by atoms with Crippen molar-refractivity contribution in [3.8, 4) is 0 Å². The molecule has 0 aliphatic rings. The molecule has 0 saturated carbocycles. The number of carbonyl (C=O) groups excluding carboxylic acids is 1. The zero-order valence-corrected chi connectivity index (χ0v) is 13.0. The summed E-state index contributed by atoms with van der Waals surface area (Å²) in [7, 11) is 0. The van der Waals surface area contributed by atoms with E-state index in [4.69, 9.17) is 11.6 Å². The maximum atomic E-state index is 12.0. The van der Waals surface area contributed by atoms with Crippen LogP contribution in [0, 0.1) is 6.92 Å². The van der Waals surface area contributed by atoms with Crippen molar-refractivity contribution in [2.24, 2.45) is 0 Å². The Morgan fingerprint density at radius 3 is 2.90 bits per heavy atom. The lowest BCUT2D eigenvalue weighted by Crippen LogP contribution is -2.13. The summed E-state index contributed by atoms with van der Waals surface area (Å²) in [4.78, 5) is 17.3. The number of nitrogens with zero attached hydrogens (tertiary/aromatic N) is 1. The van der Waals surface area contributed by atoms with Gasteiger partial charge in [-0.25, -0.2) is 4.98 Å². The first-order chi connectivity index (χ1) is 9.60. The van der Waals surface area contributed by atoms with Gasteiger partial charge in [0.05, 0.1) is 26.0 Å². The predicted octanol–water partition coefficient (Wildman–Crippen LogP) is 4.50. The van der Waals surface area contributed by atoms with Crippen LogP contribution in [0.2, 0.25) is 4.34 Å². The molecule has 102 valence electrons. The largest absolute Gasteiger partial charge is 0.326 e. The van der Waals surface area contributed by atoms with Crippen molar-refractivity contribution in [3.63, 3.8) is 0 Å². The molecule has 1 amide bonds. The minimum absolute atomic E-state index is 0.0379. The number of rotatable bonds is 3. The van der Waals surface area contributed by atoms with E-state index in [1.807, 2.05) is 31.2 Å². The van der Waals surface area contributed by atoms with Crippen molar-refractivity contribution in [2.75, 3.05) is 5.32 Å². The number of nitrogens with one attached hydrogen (secondary N) is 1. The molecule has 6 heteroatoms. The van der Waals surface area contributed by atoms with Gasteiger partial charge in [0.1, 0.15) is 0 Å². The van der Waals surface area contributed by atoms with Crippen molar-refractivity contribution < 1.29 is 4.79 Å². The Morgan fingerprint density at radius 2 is 2.15 bits per heavy atom. The zero-order valence-electron chi connectivity index (χ0n) is 10.6. The third-order valence-electron chi connectivity index (χ3n) is 2.74. The number of amides is 1. The average Bonchev–Trinajstić information content (AvgIpc) is 2.93. The maximum Gasteiger partial charge on any atom is 0.229 e. The minimum atomic E-state index is -0.0379. The normalized spacial score (nSPS) is 10.9. The van der Waals surface area contributed by atoms with Crippen LogP contribution in [-0.2, 0) is 11.2 Å². The van der Waals surface area contributed by atoms with E-state index < -0.39 is 0 Å². The van der Waals surface area contributed by atoms with Gasteiger partial charge in [0.2, 0.25) is 5.91 Å². The summed E-state index contributed by atoms with van der Waals surface area (Å²) in [5.74, 6) is -0.0379. The molecule has 0 radical (unpaired) electrons. The average molecular weight is 323 g/mol. The highest BCUT2D eigenvalue weighted by molar-refractivity contribution is 7.18. The Hall–Kier alpha value is -1.43. The standard InChI is InChI=1S/C14H11ClN2OS2/c1-8-16-11-4-2-9(6-12(11)19-8)17-14(18)7-10-3-5-13(15)20-10/h2-6H,7H2,1H3,(H,17,18). The lowest BCUT2D eigenvalue weighted by atomic mass is 10.2. The van der Waals surface area contributed by atoms with Crippen LogP contribution in [0.25, 0.3) is 10.2 Å². The van der Waals surface area contributed by atoms with E-state index in [-0.39, 0.29) is 5.91 Å². The monoisotopic (exact) mass is 322 g/mol. The van der Waals surface area contributed by atoms with Gasteiger partial charge >= 0.3 is 0 Å². The van der Waals surface area contributed by atoms with E-state index in [1.54, 1.807) is 17.4 Å². The Morgan fingerprint density at radius 1 is 1.30 bits per heavy atom. The molecule has 3 nitrogen and oxygen atoms in total. The van der Waals surface area contributed by atoms with Crippen molar-refractivity contribution >= 4 is 56.1 Å². The van der Waals surface area contributed by atoms with Crippen molar-refractivity contribution in [2.45, 2.75) is 13.3 Å². The van der Waals surface area contributed by atoms with Crippen molar-refractivity contribution in [1.82, 2.24) is 4.98 Å². The van der Waals surface area contributed by atoms with Gasteiger partial charge in [0, 0.05) is 10.6 Å². The van der Waals surface area contributed by atoms with Crippen LogP contribution < -0.4 is 5.32 Å². The summed E-state index contributed by atoms with van der Waals surface area (Å²) in [6, 6.07) is 9.44. The van der Waals surface area contributed by atoms with E-state index >= 15 is 0 Å². The van der Waals surface area contributed by atoms with E-state index in [1.165, 1.54) is 11.3 Å². The number of thiazole rings is 1. The van der Waals surface area contributed by atoms with Gasteiger partial charge in [-0.05, 0) is 37.3 Å². The minimum Gasteiger partial charge on any atom is -0.326 e. The Bertz CT molecular complexity index is 778. The summed E-state index contributed by atoms with van der Waals surface area (Å²) in [6.07, 6.45) is 0.344. The SMILES string of the molecule is Cc1nc2ccc(NC(=O)Cc3ccc(Cl)s3)cc2s1. The Labute approximate surface area is 129 Å². The van der Waals surface area contributed by atoms with Crippen LogP contribution >= 0.6 is 34.3 Å². The first-order valence-corrected chi connectivity index (χ1v) is 8.02. The second kappa shape index (κ2) is 5.52. The number of thiophene rings is 1. The molecular weight excluding hydrogens is 312 g/mol. The third kappa shape index (κ3) is 3.00. The molecule has 0 fully saturated rings. The number of aryl methyl sites for hydroxylation is 1. The fraction of sp³-hybridized carbons (Fsp3) is 0.143.